The van der Waals surface area contributed by atoms with Gasteiger partial charge in [0.15, 0.2) is 0 Å². The van der Waals surface area contributed by atoms with Crippen LogP contribution in [0.3, 0.4) is 0 Å². The normalized spacial score (nSPS) is 9.89. The number of ether oxygens (including phenoxy) is 2. The summed E-state index contributed by atoms with van der Waals surface area (Å²) in [6.07, 6.45) is 0.932. The first kappa shape index (κ1) is 14.0. The Bertz CT molecular complexity index is 444. The van der Waals surface area contributed by atoms with E-state index < -0.39 is 4.92 Å². The largest absolute Gasteiger partial charge is 0.497 e. The molecule has 0 aliphatic rings. The average molecular weight is 253 g/mol. The van der Waals surface area contributed by atoms with E-state index in [1.165, 1.54) is 32.2 Å². The minimum atomic E-state index is -0.514. The van der Waals surface area contributed by atoms with Crippen LogP contribution >= 0.6 is 0 Å². The minimum absolute atomic E-state index is 0.0683. The quantitative estimate of drug-likeness (QED) is 0.423. The molecule has 0 aromatic heterocycles. The van der Waals surface area contributed by atoms with Gasteiger partial charge in [-0.1, -0.05) is 0 Å². The highest BCUT2D eigenvalue weighted by Gasteiger charge is 2.15. The Kier molecular flexibility index (Phi) is 5.10. The van der Waals surface area contributed by atoms with Crippen molar-refractivity contribution >= 4 is 11.5 Å². The van der Waals surface area contributed by atoms with Crippen LogP contribution in [0.2, 0.25) is 0 Å². The van der Waals surface area contributed by atoms with E-state index in [0.717, 1.165) is 0 Å². The van der Waals surface area contributed by atoms with Gasteiger partial charge in [-0.2, -0.15) is 0 Å². The van der Waals surface area contributed by atoms with Gasteiger partial charge in [0.2, 0.25) is 5.75 Å². The number of ketones is 1. The molecule has 0 amide bonds. The lowest BCUT2D eigenvalue weighted by Crippen LogP contribution is -2.03. The van der Waals surface area contributed by atoms with E-state index >= 15 is 0 Å². The van der Waals surface area contributed by atoms with Gasteiger partial charge in [-0.3, -0.25) is 10.1 Å². The molecule has 0 aliphatic carbocycles. The Morgan fingerprint density at radius 3 is 2.72 bits per heavy atom. The first-order valence-electron chi connectivity index (χ1n) is 5.49. The van der Waals surface area contributed by atoms with E-state index in [9.17, 15) is 14.9 Å². The SMILES string of the molecule is COc1ccc([N+](=O)[O-])c(OCCCC(C)=O)c1. The summed E-state index contributed by atoms with van der Waals surface area (Å²) >= 11 is 0. The van der Waals surface area contributed by atoms with E-state index in [1.54, 1.807) is 0 Å². The maximum absolute atomic E-state index is 10.8. The summed E-state index contributed by atoms with van der Waals surface area (Å²) in [5.74, 6) is 0.712. The number of carbonyl (C=O) groups is 1. The Morgan fingerprint density at radius 1 is 1.44 bits per heavy atom. The molecule has 0 heterocycles. The van der Waals surface area contributed by atoms with E-state index in [2.05, 4.69) is 0 Å². The van der Waals surface area contributed by atoms with E-state index in [4.69, 9.17) is 9.47 Å². The second kappa shape index (κ2) is 6.58. The zero-order valence-corrected chi connectivity index (χ0v) is 10.3. The van der Waals surface area contributed by atoms with E-state index in [-0.39, 0.29) is 23.8 Å². The van der Waals surface area contributed by atoms with Gasteiger partial charge in [-0.25, -0.2) is 0 Å². The number of benzene rings is 1. The van der Waals surface area contributed by atoms with E-state index in [1.807, 2.05) is 0 Å². The topological polar surface area (TPSA) is 78.7 Å². The molecular weight excluding hydrogens is 238 g/mol. The van der Waals surface area contributed by atoms with Crippen molar-refractivity contribution in [3.63, 3.8) is 0 Å². The monoisotopic (exact) mass is 253 g/mol. The number of nitro groups is 1. The summed E-state index contributed by atoms with van der Waals surface area (Å²) < 4.78 is 10.3. The second-order valence-electron chi connectivity index (χ2n) is 3.74. The first-order chi connectivity index (χ1) is 8.54. The zero-order chi connectivity index (χ0) is 13.5. The molecule has 1 rings (SSSR count). The molecule has 0 atom stereocenters. The minimum Gasteiger partial charge on any atom is -0.497 e. The summed E-state index contributed by atoms with van der Waals surface area (Å²) in [7, 11) is 1.47. The molecule has 1 aromatic carbocycles. The predicted octanol–water partition coefficient (Wildman–Crippen LogP) is 2.35. The van der Waals surface area contributed by atoms with Gasteiger partial charge in [0.05, 0.1) is 18.6 Å². The second-order valence-corrected chi connectivity index (χ2v) is 3.74. The highest BCUT2D eigenvalue weighted by atomic mass is 16.6. The van der Waals surface area contributed by atoms with Gasteiger partial charge in [0, 0.05) is 18.6 Å². The molecular formula is C12H15NO5. The lowest BCUT2D eigenvalue weighted by Gasteiger charge is -2.07. The molecule has 0 saturated heterocycles. The maximum atomic E-state index is 10.8. The average Bonchev–Trinajstić information content (AvgIpc) is 2.33. The molecule has 0 fully saturated rings. The fraction of sp³-hybridized carbons (Fsp3) is 0.417. The number of hydrogen-bond acceptors (Lipinski definition) is 5. The molecule has 6 nitrogen and oxygen atoms in total. The van der Waals surface area contributed by atoms with Crippen LogP contribution in [0.1, 0.15) is 19.8 Å². The van der Waals surface area contributed by atoms with Crippen molar-refractivity contribution in [3.05, 3.63) is 28.3 Å². The standard InChI is InChI=1S/C12H15NO5/c1-9(14)4-3-7-18-12-8-10(17-2)5-6-11(12)13(15)16/h5-6,8H,3-4,7H2,1-2H3. The zero-order valence-electron chi connectivity index (χ0n) is 10.3. The van der Waals surface area contributed by atoms with Gasteiger partial charge in [0.25, 0.3) is 0 Å². The number of carbonyl (C=O) groups excluding carboxylic acids is 1. The predicted molar refractivity (Wildman–Crippen MR) is 65.1 cm³/mol. The van der Waals surface area contributed by atoms with Crippen LogP contribution in [-0.4, -0.2) is 24.4 Å². The fourth-order valence-electron chi connectivity index (χ4n) is 1.39. The third-order valence-electron chi connectivity index (χ3n) is 2.29. The maximum Gasteiger partial charge on any atom is 0.311 e. The molecule has 0 aliphatic heterocycles. The molecule has 6 heteroatoms. The van der Waals surface area contributed by atoms with Crippen molar-refractivity contribution in [1.82, 2.24) is 0 Å². The van der Waals surface area contributed by atoms with Crippen molar-refractivity contribution in [3.8, 4) is 11.5 Å². The summed E-state index contributed by atoms with van der Waals surface area (Å²) in [6, 6.07) is 4.30. The Labute approximate surface area is 105 Å². The number of methoxy groups -OCH3 is 1. The van der Waals surface area contributed by atoms with Crippen LogP contribution in [0.4, 0.5) is 5.69 Å². The first-order valence-corrected chi connectivity index (χ1v) is 5.49. The molecule has 0 unspecified atom stereocenters. The molecule has 0 spiro atoms. The Balaban J connectivity index is 2.71. The molecule has 0 radical (unpaired) electrons. The van der Waals surface area contributed by atoms with Crippen molar-refractivity contribution in [2.24, 2.45) is 0 Å². The summed E-state index contributed by atoms with van der Waals surface area (Å²) in [6.45, 7) is 1.75. The van der Waals surface area contributed by atoms with Gasteiger partial charge >= 0.3 is 5.69 Å². The van der Waals surface area contributed by atoms with Crippen molar-refractivity contribution in [1.29, 1.82) is 0 Å². The summed E-state index contributed by atoms with van der Waals surface area (Å²) in [4.78, 5) is 21.0. The summed E-state index contributed by atoms with van der Waals surface area (Å²) in [5.41, 5.74) is -0.112. The third kappa shape index (κ3) is 4.04. The Morgan fingerprint density at radius 2 is 2.17 bits per heavy atom. The van der Waals surface area contributed by atoms with Gasteiger partial charge < -0.3 is 14.3 Å². The van der Waals surface area contributed by atoms with Gasteiger partial charge in [0.1, 0.15) is 11.5 Å². The highest BCUT2D eigenvalue weighted by molar-refractivity contribution is 5.75. The summed E-state index contributed by atoms with van der Waals surface area (Å²) in [5, 5.41) is 10.8. The molecule has 1 aromatic rings. The number of Topliss-reactive ketones (excluding diaryl/α,β-unsaturated/α-hetero) is 1. The molecule has 0 bridgehead atoms. The molecule has 0 N–H and O–H groups in total. The van der Waals surface area contributed by atoms with Crippen LogP contribution in [0.15, 0.2) is 18.2 Å². The van der Waals surface area contributed by atoms with Crippen molar-refractivity contribution in [2.45, 2.75) is 19.8 Å². The number of rotatable bonds is 7. The van der Waals surface area contributed by atoms with Gasteiger partial charge in [-0.15, -0.1) is 0 Å². The number of hydrogen-bond donors (Lipinski definition) is 0. The van der Waals surface area contributed by atoms with Crippen LogP contribution in [0.25, 0.3) is 0 Å². The van der Waals surface area contributed by atoms with E-state index in [0.29, 0.717) is 18.6 Å². The number of nitrogens with zero attached hydrogens (tertiary/aromatic N) is 1. The third-order valence-corrected chi connectivity index (χ3v) is 2.29. The lowest BCUT2D eigenvalue weighted by molar-refractivity contribution is -0.385. The van der Waals surface area contributed by atoms with Crippen molar-refractivity contribution < 1.29 is 19.2 Å². The van der Waals surface area contributed by atoms with Crippen LogP contribution < -0.4 is 9.47 Å². The number of nitro benzene ring substituents is 1. The van der Waals surface area contributed by atoms with Crippen molar-refractivity contribution in [2.75, 3.05) is 13.7 Å². The molecule has 0 saturated carbocycles. The molecule has 18 heavy (non-hydrogen) atoms. The Hall–Kier alpha value is -2.11. The van der Waals surface area contributed by atoms with Crippen LogP contribution in [0, 0.1) is 10.1 Å². The van der Waals surface area contributed by atoms with Crippen LogP contribution in [0.5, 0.6) is 11.5 Å². The fourth-order valence-corrected chi connectivity index (χ4v) is 1.39. The smallest absolute Gasteiger partial charge is 0.311 e. The highest BCUT2D eigenvalue weighted by Crippen LogP contribution is 2.31. The molecule has 98 valence electrons. The van der Waals surface area contributed by atoms with Crippen LogP contribution in [-0.2, 0) is 4.79 Å². The lowest BCUT2D eigenvalue weighted by atomic mass is 10.2. The van der Waals surface area contributed by atoms with Gasteiger partial charge in [-0.05, 0) is 19.4 Å².